The Morgan fingerprint density at radius 2 is 1.85 bits per heavy atom. The van der Waals surface area contributed by atoms with E-state index in [0.29, 0.717) is 0 Å². The fourth-order valence-corrected chi connectivity index (χ4v) is 2.90. The molecule has 1 aromatic carbocycles. The van der Waals surface area contributed by atoms with E-state index in [0.717, 1.165) is 35.0 Å². The summed E-state index contributed by atoms with van der Waals surface area (Å²) < 4.78 is 0. The fraction of sp³-hybridized carbons (Fsp3) is 0.412. The molecule has 3 nitrogen and oxygen atoms in total. The summed E-state index contributed by atoms with van der Waals surface area (Å²) in [6, 6.07) is 5.84. The Bertz CT molecular complexity index is 616. The van der Waals surface area contributed by atoms with Gasteiger partial charge in [-0.05, 0) is 37.3 Å². The van der Waals surface area contributed by atoms with E-state index in [1.807, 2.05) is 18.2 Å². The van der Waals surface area contributed by atoms with Crippen LogP contribution in [-0.2, 0) is 0 Å². The van der Waals surface area contributed by atoms with Crippen LogP contribution >= 0.6 is 0 Å². The van der Waals surface area contributed by atoms with Gasteiger partial charge in [-0.15, -0.1) is 0 Å². The van der Waals surface area contributed by atoms with Crippen molar-refractivity contribution in [3.63, 3.8) is 0 Å². The number of fused-ring (bicyclic) bond motifs is 1. The van der Waals surface area contributed by atoms with Gasteiger partial charge in [-0.2, -0.15) is 0 Å². The van der Waals surface area contributed by atoms with Crippen molar-refractivity contribution in [2.24, 2.45) is 0 Å². The second-order valence-electron chi connectivity index (χ2n) is 5.41. The number of benzene rings is 1. The molecule has 0 saturated carbocycles. The minimum absolute atomic E-state index is 0.548. The third kappa shape index (κ3) is 2.73. The predicted molar refractivity (Wildman–Crippen MR) is 80.3 cm³/mol. The molecule has 1 aromatic heterocycles. The maximum Gasteiger partial charge on any atom is 0.102 e. The van der Waals surface area contributed by atoms with Gasteiger partial charge in [-0.3, -0.25) is 9.97 Å². The molecule has 1 heterocycles. The summed E-state index contributed by atoms with van der Waals surface area (Å²) in [5.74, 6) is 0. The highest BCUT2D eigenvalue weighted by Crippen LogP contribution is 2.31. The lowest BCUT2D eigenvalue weighted by Crippen LogP contribution is -2.05. The van der Waals surface area contributed by atoms with Crippen molar-refractivity contribution in [2.75, 3.05) is 0 Å². The molecule has 104 valence electrons. The lowest BCUT2D eigenvalue weighted by molar-refractivity contribution is 0.210. The Hall–Kier alpha value is -1.74. The molecule has 0 amide bonds. The van der Waals surface area contributed by atoms with E-state index in [1.165, 1.54) is 25.7 Å². The molecule has 3 rings (SSSR count). The molecule has 0 spiro atoms. The Balaban J connectivity index is 1.97. The van der Waals surface area contributed by atoms with Gasteiger partial charge in [0.15, 0.2) is 0 Å². The summed E-state index contributed by atoms with van der Waals surface area (Å²) in [5, 5.41) is 10.7. The first-order valence-electron chi connectivity index (χ1n) is 7.43. The molecule has 1 atom stereocenters. The van der Waals surface area contributed by atoms with Crippen molar-refractivity contribution in [2.45, 2.75) is 44.6 Å². The minimum atomic E-state index is -0.548. The monoisotopic (exact) mass is 268 g/mol. The highest BCUT2D eigenvalue weighted by molar-refractivity contribution is 5.78. The molecule has 0 saturated heterocycles. The van der Waals surface area contributed by atoms with Gasteiger partial charge in [0.05, 0.1) is 11.0 Å². The minimum Gasteiger partial charge on any atom is -0.384 e. The Morgan fingerprint density at radius 1 is 1.00 bits per heavy atom. The van der Waals surface area contributed by atoms with E-state index in [1.54, 1.807) is 12.4 Å². The summed E-state index contributed by atoms with van der Waals surface area (Å²) in [6.45, 7) is 0. The van der Waals surface area contributed by atoms with Crippen molar-refractivity contribution >= 4 is 11.0 Å². The third-order valence-corrected chi connectivity index (χ3v) is 4.00. The zero-order valence-electron chi connectivity index (χ0n) is 11.6. The molecule has 0 fully saturated rings. The van der Waals surface area contributed by atoms with Crippen LogP contribution in [0.2, 0.25) is 0 Å². The molecule has 20 heavy (non-hydrogen) atoms. The number of rotatable bonds is 2. The van der Waals surface area contributed by atoms with E-state index in [4.69, 9.17) is 0 Å². The number of hydrogen-bond acceptors (Lipinski definition) is 3. The molecule has 0 bridgehead atoms. The van der Waals surface area contributed by atoms with Crippen molar-refractivity contribution in [3.8, 4) is 0 Å². The smallest absolute Gasteiger partial charge is 0.102 e. The van der Waals surface area contributed by atoms with Crippen LogP contribution in [0.5, 0.6) is 0 Å². The lowest BCUT2D eigenvalue weighted by atomic mass is 9.92. The molecular weight excluding hydrogens is 248 g/mol. The summed E-state index contributed by atoms with van der Waals surface area (Å²) in [6.07, 6.45) is 12.1. The molecular formula is C17H20N2O. The van der Waals surface area contributed by atoms with Crippen LogP contribution in [0.4, 0.5) is 0 Å². The van der Waals surface area contributed by atoms with Crippen LogP contribution < -0.4 is 0 Å². The number of allylic oxidation sites excluding steroid dienone is 1. The summed E-state index contributed by atoms with van der Waals surface area (Å²) >= 11 is 0. The van der Waals surface area contributed by atoms with Crippen LogP contribution in [-0.4, -0.2) is 15.1 Å². The van der Waals surface area contributed by atoms with E-state index < -0.39 is 6.10 Å². The SMILES string of the molecule is OC(/C1=C/CCCCCC1)c1cccc2nccnc12. The van der Waals surface area contributed by atoms with E-state index in [9.17, 15) is 5.11 Å². The van der Waals surface area contributed by atoms with Crippen LogP contribution in [0.25, 0.3) is 11.0 Å². The summed E-state index contributed by atoms with van der Waals surface area (Å²) in [4.78, 5) is 8.70. The zero-order chi connectivity index (χ0) is 13.8. The Kier molecular flexibility index (Phi) is 4.07. The van der Waals surface area contributed by atoms with Crippen LogP contribution in [0.3, 0.4) is 0 Å². The molecule has 1 unspecified atom stereocenters. The molecule has 1 aliphatic rings. The summed E-state index contributed by atoms with van der Waals surface area (Å²) in [7, 11) is 0. The van der Waals surface area contributed by atoms with Crippen molar-refractivity contribution < 1.29 is 5.11 Å². The van der Waals surface area contributed by atoms with Gasteiger partial charge in [0.1, 0.15) is 6.10 Å². The lowest BCUT2D eigenvalue weighted by Gasteiger charge is -2.18. The molecule has 3 heteroatoms. The maximum absolute atomic E-state index is 10.7. The van der Waals surface area contributed by atoms with Gasteiger partial charge in [-0.25, -0.2) is 0 Å². The van der Waals surface area contributed by atoms with Crippen molar-refractivity contribution in [1.82, 2.24) is 9.97 Å². The Morgan fingerprint density at radius 3 is 2.80 bits per heavy atom. The van der Waals surface area contributed by atoms with Crippen molar-refractivity contribution in [1.29, 1.82) is 0 Å². The number of aliphatic hydroxyl groups excluding tert-OH is 1. The highest BCUT2D eigenvalue weighted by Gasteiger charge is 2.17. The first kappa shape index (κ1) is 13.3. The number of hydrogen-bond donors (Lipinski definition) is 1. The highest BCUT2D eigenvalue weighted by atomic mass is 16.3. The second-order valence-corrected chi connectivity index (χ2v) is 5.41. The van der Waals surface area contributed by atoms with Gasteiger partial charge in [0.25, 0.3) is 0 Å². The third-order valence-electron chi connectivity index (χ3n) is 4.00. The predicted octanol–water partition coefficient (Wildman–Crippen LogP) is 3.94. The number of aromatic nitrogens is 2. The topological polar surface area (TPSA) is 46.0 Å². The van der Waals surface area contributed by atoms with E-state index >= 15 is 0 Å². The molecule has 1 N–H and O–H groups in total. The molecule has 0 aliphatic heterocycles. The second kappa shape index (κ2) is 6.14. The number of aliphatic hydroxyl groups is 1. The van der Waals surface area contributed by atoms with E-state index in [2.05, 4.69) is 16.0 Å². The molecule has 2 aromatic rings. The first-order chi connectivity index (χ1) is 9.86. The average Bonchev–Trinajstić information content (AvgIpc) is 2.46. The quantitative estimate of drug-likeness (QED) is 0.839. The standard InChI is InChI=1S/C17H20N2O/c20-17(13-7-4-2-1-3-5-8-13)14-9-6-10-15-16(14)19-12-11-18-15/h6-7,9-12,17,20H,1-5,8H2/b13-7+. The number of nitrogens with zero attached hydrogens (tertiary/aromatic N) is 2. The van der Waals surface area contributed by atoms with Crippen molar-refractivity contribution in [3.05, 3.63) is 47.8 Å². The largest absolute Gasteiger partial charge is 0.384 e. The first-order valence-corrected chi connectivity index (χ1v) is 7.43. The zero-order valence-corrected chi connectivity index (χ0v) is 11.6. The van der Waals surface area contributed by atoms with Gasteiger partial charge in [0.2, 0.25) is 0 Å². The maximum atomic E-state index is 10.7. The van der Waals surface area contributed by atoms with Crippen LogP contribution in [0, 0.1) is 0 Å². The summed E-state index contributed by atoms with van der Waals surface area (Å²) in [5.41, 5.74) is 3.67. The van der Waals surface area contributed by atoms with Gasteiger partial charge < -0.3 is 5.11 Å². The Labute approximate surface area is 119 Å². The van der Waals surface area contributed by atoms with Gasteiger partial charge in [0, 0.05) is 18.0 Å². The van der Waals surface area contributed by atoms with Gasteiger partial charge >= 0.3 is 0 Å². The molecule has 0 radical (unpaired) electrons. The van der Waals surface area contributed by atoms with Crippen LogP contribution in [0.15, 0.2) is 42.2 Å². The van der Waals surface area contributed by atoms with E-state index in [-0.39, 0.29) is 0 Å². The number of para-hydroxylation sites is 1. The average molecular weight is 268 g/mol. The van der Waals surface area contributed by atoms with Gasteiger partial charge in [-0.1, -0.05) is 31.1 Å². The van der Waals surface area contributed by atoms with Crippen LogP contribution in [0.1, 0.15) is 50.2 Å². The normalized spacial score (nSPS) is 20.8. The fourth-order valence-electron chi connectivity index (χ4n) is 2.90. The molecule has 1 aliphatic carbocycles.